The number of rotatable bonds is 3. The van der Waals surface area contributed by atoms with Crippen LogP contribution < -0.4 is 0 Å². The van der Waals surface area contributed by atoms with Crippen LogP contribution in [0.4, 0.5) is 0 Å². The minimum Gasteiger partial charge on any atom is -0.297 e. The maximum Gasteiger partial charge on any atom is 0.181 e. The molecule has 1 aliphatic rings. The number of piperidine rings is 1. The van der Waals surface area contributed by atoms with Gasteiger partial charge in [0.1, 0.15) is 6.33 Å². The summed E-state index contributed by atoms with van der Waals surface area (Å²) in [5.41, 5.74) is 2.46. The molecule has 1 aromatic carbocycles. The first-order valence-corrected chi connectivity index (χ1v) is 7.44. The number of benzene rings is 1. The van der Waals surface area contributed by atoms with E-state index in [4.69, 9.17) is 0 Å². The molecule has 2 heterocycles. The predicted octanol–water partition coefficient (Wildman–Crippen LogP) is 3.03. The largest absolute Gasteiger partial charge is 0.297 e. The molecule has 0 spiro atoms. The number of likely N-dealkylation sites (tertiary alicyclic amines) is 1. The zero-order chi connectivity index (χ0) is 13.9. The summed E-state index contributed by atoms with van der Waals surface area (Å²) in [5, 5.41) is 4.34. The Kier molecular flexibility index (Phi) is 3.83. The van der Waals surface area contributed by atoms with Gasteiger partial charge in [-0.05, 0) is 38.4 Å². The van der Waals surface area contributed by atoms with Gasteiger partial charge >= 0.3 is 0 Å². The van der Waals surface area contributed by atoms with Gasteiger partial charge in [0.05, 0.1) is 0 Å². The third-order valence-corrected chi connectivity index (χ3v) is 4.19. The minimum atomic E-state index is 0.501. The van der Waals surface area contributed by atoms with Gasteiger partial charge in [-0.2, -0.15) is 5.10 Å². The summed E-state index contributed by atoms with van der Waals surface area (Å²) < 4.78 is 1.74. The average molecular weight is 270 g/mol. The maximum atomic E-state index is 4.34. The SMILES string of the molecule is C[C@@H](c1ccc(-c2ncn(C)n2)cc1)N1CCCCC1. The molecule has 0 amide bonds. The number of aryl methyl sites for hydroxylation is 1. The molecule has 0 radical (unpaired) electrons. The summed E-state index contributed by atoms with van der Waals surface area (Å²) in [6.45, 7) is 4.76. The number of hydrogen-bond acceptors (Lipinski definition) is 3. The molecule has 4 nitrogen and oxygen atoms in total. The maximum absolute atomic E-state index is 4.34. The molecule has 0 aliphatic carbocycles. The van der Waals surface area contributed by atoms with E-state index in [1.807, 2.05) is 7.05 Å². The fraction of sp³-hybridized carbons (Fsp3) is 0.500. The van der Waals surface area contributed by atoms with E-state index in [-0.39, 0.29) is 0 Å². The molecule has 106 valence electrons. The van der Waals surface area contributed by atoms with Gasteiger partial charge in [0.25, 0.3) is 0 Å². The Balaban J connectivity index is 1.75. The topological polar surface area (TPSA) is 34.0 Å². The van der Waals surface area contributed by atoms with Crippen LogP contribution in [0.2, 0.25) is 0 Å². The molecule has 1 atom stereocenters. The van der Waals surface area contributed by atoms with Crippen molar-refractivity contribution in [3.05, 3.63) is 36.2 Å². The average Bonchev–Trinajstić information content (AvgIpc) is 2.94. The highest BCUT2D eigenvalue weighted by Gasteiger charge is 2.18. The Morgan fingerprint density at radius 3 is 2.35 bits per heavy atom. The van der Waals surface area contributed by atoms with Crippen LogP contribution >= 0.6 is 0 Å². The van der Waals surface area contributed by atoms with Crippen LogP contribution in [-0.2, 0) is 7.05 Å². The number of nitrogens with zero attached hydrogens (tertiary/aromatic N) is 4. The van der Waals surface area contributed by atoms with Crippen molar-refractivity contribution in [3.63, 3.8) is 0 Å². The third kappa shape index (κ3) is 2.75. The predicted molar refractivity (Wildman–Crippen MR) is 80.3 cm³/mol. The van der Waals surface area contributed by atoms with Crippen molar-refractivity contribution >= 4 is 0 Å². The summed E-state index contributed by atoms with van der Waals surface area (Å²) in [6.07, 6.45) is 5.79. The highest BCUT2D eigenvalue weighted by molar-refractivity contribution is 5.54. The fourth-order valence-electron chi connectivity index (χ4n) is 2.90. The lowest BCUT2D eigenvalue weighted by Gasteiger charge is -2.32. The highest BCUT2D eigenvalue weighted by atomic mass is 15.3. The molecule has 1 fully saturated rings. The summed E-state index contributed by atoms with van der Waals surface area (Å²) >= 11 is 0. The van der Waals surface area contributed by atoms with E-state index in [1.54, 1.807) is 11.0 Å². The second-order valence-electron chi connectivity index (χ2n) is 5.64. The van der Waals surface area contributed by atoms with Crippen molar-refractivity contribution in [1.29, 1.82) is 0 Å². The fourth-order valence-corrected chi connectivity index (χ4v) is 2.90. The molecule has 4 heteroatoms. The molecular formula is C16H22N4. The van der Waals surface area contributed by atoms with Gasteiger partial charge in [-0.25, -0.2) is 4.98 Å². The highest BCUT2D eigenvalue weighted by Crippen LogP contribution is 2.25. The van der Waals surface area contributed by atoms with E-state index in [1.165, 1.54) is 37.9 Å². The van der Waals surface area contributed by atoms with Gasteiger partial charge in [0.15, 0.2) is 5.82 Å². The lowest BCUT2D eigenvalue weighted by molar-refractivity contribution is 0.175. The first-order chi connectivity index (χ1) is 9.74. The van der Waals surface area contributed by atoms with Crippen molar-refractivity contribution in [2.45, 2.75) is 32.2 Å². The van der Waals surface area contributed by atoms with Crippen molar-refractivity contribution < 1.29 is 0 Å². The molecule has 0 unspecified atom stereocenters. The molecular weight excluding hydrogens is 248 g/mol. The molecule has 1 saturated heterocycles. The molecule has 3 rings (SSSR count). The Bertz CT molecular complexity index is 552. The van der Waals surface area contributed by atoms with Crippen molar-refractivity contribution in [3.8, 4) is 11.4 Å². The van der Waals surface area contributed by atoms with Gasteiger partial charge in [-0.1, -0.05) is 30.7 Å². The standard InChI is InChI=1S/C16H22N4/c1-13(20-10-4-3-5-11-20)14-6-8-15(9-7-14)16-17-12-19(2)18-16/h6-9,12-13H,3-5,10-11H2,1-2H3/t13-/m0/s1. The second kappa shape index (κ2) is 5.75. The van der Waals surface area contributed by atoms with Crippen LogP contribution in [-0.4, -0.2) is 32.8 Å². The van der Waals surface area contributed by atoms with E-state index >= 15 is 0 Å². The van der Waals surface area contributed by atoms with Crippen molar-refractivity contribution in [1.82, 2.24) is 19.7 Å². The number of aromatic nitrogens is 3. The Labute approximate surface area is 120 Å². The van der Waals surface area contributed by atoms with E-state index in [0.29, 0.717) is 6.04 Å². The van der Waals surface area contributed by atoms with Crippen LogP contribution in [0.5, 0.6) is 0 Å². The first kappa shape index (κ1) is 13.3. The first-order valence-electron chi connectivity index (χ1n) is 7.44. The van der Waals surface area contributed by atoms with Gasteiger partial charge in [0.2, 0.25) is 0 Å². The second-order valence-corrected chi connectivity index (χ2v) is 5.64. The molecule has 0 saturated carbocycles. The normalized spacial score (nSPS) is 18.1. The van der Waals surface area contributed by atoms with Gasteiger partial charge in [-0.15, -0.1) is 0 Å². The smallest absolute Gasteiger partial charge is 0.181 e. The Hall–Kier alpha value is -1.68. The summed E-state index contributed by atoms with van der Waals surface area (Å²) in [7, 11) is 1.89. The van der Waals surface area contributed by atoms with Gasteiger partial charge < -0.3 is 0 Å². The van der Waals surface area contributed by atoms with Crippen LogP contribution in [0.25, 0.3) is 11.4 Å². The summed E-state index contributed by atoms with van der Waals surface area (Å²) in [5.74, 6) is 0.796. The summed E-state index contributed by atoms with van der Waals surface area (Å²) in [6, 6.07) is 9.19. The zero-order valence-corrected chi connectivity index (χ0v) is 12.3. The number of hydrogen-bond donors (Lipinski definition) is 0. The van der Waals surface area contributed by atoms with Crippen molar-refractivity contribution in [2.24, 2.45) is 7.05 Å². The van der Waals surface area contributed by atoms with Gasteiger partial charge in [-0.3, -0.25) is 9.58 Å². The van der Waals surface area contributed by atoms with E-state index in [2.05, 4.69) is 46.2 Å². The molecule has 1 aromatic heterocycles. The van der Waals surface area contributed by atoms with E-state index in [0.717, 1.165) is 11.4 Å². The van der Waals surface area contributed by atoms with Crippen LogP contribution in [0.3, 0.4) is 0 Å². The molecule has 2 aromatic rings. The Morgan fingerprint density at radius 1 is 1.05 bits per heavy atom. The van der Waals surface area contributed by atoms with E-state index in [9.17, 15) is 0 Å². The van der Waals surface area contributed by atoms with E-state index < -0.39 is 0 Å². The molecule has 0 N–H and O–H groups in total. The molecule has 20 heavy (non-hydrogen) atoms. The van der Waals surface area contributed by atoms with Crippen molar-refractivity contribution in [2.75, 3.05) is 13.1 Å². The van der Waals surface area contributed by atoms with Crippen LogP contribution in [0.15, 0.2) is 30.6 Å². The molecule has 0 bridgehead atoms. The third-order valence-electron chi connectivity index (χ3n) is 4.19. The van der Waals surface area contributed by atoms with Crippen LogP contribution in [0.1, 0.15) is 37.8 Å². The zero-order valence-electron chi connectivity index (χ0n) is 12.3. The monoisotopic (exact) mass is 270 g/mol. The van der Waals surface area contributed by atoms with Crippen LogP contribution in [0, 0.1) is 0 Å². The Morgan fingerprint density at radius 2 is 1.75 bits per heavy atom. The minimum absolute atomic E-state index is 0.501. The van der Waals surface area contributed by atoms with Gasteiger partial charge in [0, 0.05) is 18.7 Å². The molecule has 1 aliphatic heterocycles. The quantitative estimate of drug-likeness (QED) is 0.859. The lowest BCUT2D eigenvalue weighted by Crippen LogP contribution is -2.32. The lowest BCUT2D eigenvalue weighted by atomic mass is 10.0. The summed E-state index contributed by atoms with van der Waals surface area (Å²) in [4.78, 5) is 6.87.